The van der Waals surface area contributed by atoms with Crippen molar-refractivity contribution in [3.05, 3.63) is 46.6 Å². The second-order valence-electron chi connectivity index (χ2n) is 7.43. The second-order valence-corrected chi connectivity index (χ2v) is 7.43. The Morgan fingerprint density at radius 3 is 2.89 bits per heavy atom. The number of aliphatic carboxylic acids is 1. The molecule has 0 radical (unpaired) electrons. The molecule has 1 aliphatic carbocycles. The largest absolute Gasteiger partial charge is 0.481 e. The normalized spacial score (nSPS) is 16.0. The number of carboxylic acid groups (broad SMARTS) is 1. The zero-order valence-electron chi connectivity index (χ0n) is 15.7. The van der Waals surface area contributed by atoms with Crippen molar-refractivity contribution >= 4 is 11.8 Å². The first-order valence-corrected chi connectivity index (χ1v) is 9.06. The Balaban J connectivity index is 2.13. The average molecular weight is 364 g/mol. The Bertz CT molecular complexity index is 915. The van der Waals surface area contributed by atoms with Crippen LogP contribution in [0.3, 0.4) is 0 Å². The maximum Gasteiger partial charge on any atom is 0.303 e. The molecule has 3 rings (SSSR count). The van der Waals surface area contributed by atoms with Crippen LogP contribution in [0.4, 0.5) is 5.82 Å². The molecule has 1 heterocycles. The standard InChI is InChI=1S/C21H24N4O2/c1-25(2)12-14-4-3-5-15(8-14)20-16-9-13(10-19(26)27)6-7-18(16)24-21(23)17(20)11-22/h3-5,8,13H,6-7,9-10,12H2,1-2H3,(H2,23,24)(H,26,27). The van der Waals surface area contributed by atoms with E-state index >= 15 is 0 Å². The van der Waals surface area contributed by atoms with Gasteiger partial charge in [0.15, 0.2) is 0 Å². The molecule has 0 amide bonds. The molecule has 6 nitrogen and oxygen atoms in total. The summed E-state index contributed by atoms with van der Waals surface area (Å²) in [4.78, 5) is 17.7. The van der Waals surface area contributed by atoms with Gasteiger partial charge < -0.3 is 15.7 Å². The molecule has 1 aliphatic rings. The van der Waals surface area contributed by atoms with Gasteiger partial charge in [-0.25, -0.2) is 4.98 Å². The van der Waals surface area contributed by atoms with Gasteiger partial charge in [-0.15, -0.1) is 0 Å². The van der Waals surface area contributed by atoms with E-state index in [1.54, 1.807) is 0 Å². The zero-order chi connectivity index (χ0) is 19.6. The van der Waals surface area contributed by atoms with Gasteiger partial charge in [-0.1, -0.05) is 18.2 Å². The van der Waals surface area contributed by atoms with Crippen LogP contribution in [0.2, 0.25) is 0 Å². The number of carbonyl (C=O) groups is 1. The zero-order valence-corrected chi connectivity index (χ0v) is 15.7. The van der Waals surface area contributed by atoms with E-state index in [-0.39, 0.29) is 18.2 Å². The lowest BCUT2D eigenvalue weighted by Gasteiger charge is -2.26. The number of nitrogens with zero attached hydrogens (tertiary/aromatic N) is 3. The topological polar surface area (TPSA) is 103 Å². The SMILES string of the molecule is CN(C)Cc1cccc(-c2c(C#N)c(N)nc3c2CC(CC(=O)O)CC3)c1. The van der Waals surface area contributed by atoms with Crippen LogP contribution in [-0.2, 0) is 24.2 Å². The molecule has 3 N–H and O–H groups in total. The Hall–Kier alpha value is -2.91. The van der Waals surface area contributed by atoms with Crippen molar-refractivity contribution < 1.29 is 9.90 Å². The molecule has 0 saturated carbocycles. The molecule has 1 atom stereocenters. The minimum Gasteiger partial charge on any atom is -0.481 e. The molecule has 0 spiro atoms. The number of anilines is 1. The maximum atomic E-state index is 11.2. The van der Waals surface area contributed by atoms with E-state index in [4.69, 9.17) is 5.73 Å². The lowest BCUT2D eigenvalue weighted by molar-refractivity contribution is -0.138. The molecular formula is C21H24N4O2. The van der Waals surface area contributed by atoms with Crippen molar-refractivity contribution in [2.24, 2.45) is 5.92 Å². The van der Waals surface area contributed by atoms with Crippen LogP contribution in [0.1, 0.15) is 35.2 Å². The van der Waals surface area contributed by atoms with Crippen LogP contribution < -0.4 is 5.73 Å². The third kappa shape index (κ3) is 4.09. The summed E-state index contributed by atoms with van der Waals surface area (Å²) < 4.78 is 0. The minimum absolute atomic E-state index is 0.0516. The summed E-state index contributed by atoms with van der Waals surface area (Å²) in [6, 6.07) is 10.3. The quantitative estimate of drug-likeness (QED) is 0.845. The van der Waals surface area contributed by atoms with Crippen LogP contribution in [0.5, 0.6) is 0 Å². The second kappa shape index (κ2) is 7.77. The number of nitriles is 1. The lowest BCUT2D eigenvalue weighted by Crippen LogP contribution is -2.21. The van der Waals surface area contributed by atoms with Gasteiger partial charge in [-0.05, 0) is 62.0 Å². The van der Waals surface area contributed by atoms with Crippen LogP contribution in [-0.4, -0.2) is 35.1 Å². The van der Waals surface area contributed by atoms with Crippen LogP contribution in [0.15, 0.2) is 24.3 Å². The molecular weight excluding hydrogens is 340 g/mol. The molecule has 6 heteroatoms. The first kappa shape index (κ1) is 18.9. The van der Waals surface area contributed by atoms with Crippen LogP contribution in [0.25, 0.3) is 11.1 Å². The van der Waals surface area contributed by atoms with Gasteiger partial charge in [0.1, 0.15) is 17.5 Å². The summed E-state index contributed by atoms with van der Waals surface area (Å²) in [7, 11) is 4.02. The van der Waals surface area contributed by atoms with Gasteiger partial charge in [0.05, 0.1) is 0 Å². The molecule has 2 aromatic rings. The van der Waals surface area contributed by atoms with Crippen molar-refractivity contribution in [2.45, 2.75) is 32.2 Å². The van der Waals surface area contributed by atoms with E-state index in [0.717, 1.165) is 40.9 Å². The van der Waals surface area contributed by atoms with Gasteiger partial charge in [-0.3, -0.25) is 4.79 Å². The summed E-state index contributed by atoms with van der Waals surface area (Å²) in [5.41, 5.74) is 11.2. The molecule has 1 aromatic carbocycles. The fraction of sp³-hybridized carbons (Fsp3) is 0.381. The van der Waals surface area contributed by atoms with Gasteiger partial charge in [0.25, 0.3) is 0 Å². The summed E-state index contributed by atoms with van der Waals surface area (Å²) in [5.74, 6) is -0.487. The highest BCUT2D eigenvalue weighted by Crippen LogP contribution is 2.38. The fourth-order valence-electron chi connectivity index (χ4n) is 3.89. The number of nitrogens with two attached hydrogens (primary N) is 1. The van der Waals surface area contributed by atoms with E-state index in [0.29, 0.717) is 18.4 Å². The number of aryl methyl sites for hydroxylation is 1. The van der Waals surface area contributed by atoms with E-state index in [1.807, 2.05) is 26.2 Å². The average Bonchev–Trinajstić information content (AvgIpc) is 2.60. The summed E-state index contributed by atoms with van der Waals surface area (Å²) in [6.45, 7) is 0.792. The molecule has 0 bridgehead atoms. The number of rotatable bonds is 5. The highest BCUT2D eigenvalue weighted by molar-refractivity contribution is 5.80. The molecule has 140 valence electrons. The van der Waals surface area contributed by atoms with E-state index in [2.05, 4.69) is 28.1 Å². The summed E-state index contributed by atoms with van der Waals surface area (Å²) in [6.07, 6.45) is 2.20. The number of fused-ring (bicyclic) bond motifs is 1. The fourth-order valence-corrected chi connectivity index (χ4v) is 3.89. The van der Waals surface area contributed by atoms with Crippen molar-refractivity contribution in [1.29, 1.82) is 5.26 Å². The van der Waals surface area contributed by atoms with Crippen LogP contribution in [0, 0.1) is 17.2 Å². The summed E-state index contributed by atoms with van der Waals surface area (Å²) >= 11 is 0. The molecule has 1 aromatic heterocycles. The van der Waals surface area contributed by atoms with Crippen molar-refractivity contribution in [3.8, 4) is 17.2 Å². The molecule has 0 saturated heterocycles. The number of carboxylic acids is 1. The van der Waals surface area contributed by atoms with Crippen molar-refractivity contribution in [1.82, 2.24) is 9.88 Å². The molecule has 1 unspecified atom stereocenters. The number of benzene rings is 1. The predicted molar refractivity (Wildman–Crippen MR) is 104 cm³/mol. The third-order valence-electron chi connectivity index (χ3n) is 4.98. The lowest BCUT2D eigenvalue weighted by atomic mass is 9.80. The van der Waals surface area contributed by atoms with E-state index < -0.39 is 5.97 Å². The number of hydrogen-bond acceptors (Lipinski definition) is 5. The Labute approximate surface area is 159 Å². The van der Waals surface area contributed by atoms with E-state index in [1.165, 1.54) is 0 Å². The summed E-state index contributed by atoms with van der Waals surface area (Å²) in [5, 5.41) is 18.9. The highest BCUT2D eigenvalue weighted by atomic mass is 16.4. The van der Waals surface area contributed by atoms with Crippen molar-refractivity contribution in [2.75, 3.05) is 19.8 Å². The third-order valence-corrected chi connectivity index (χ3v) is 4.98. The van der Waals surface area contributed by atoms with Crippen molar-refractivity contribution in [3.63, 3.8) is 0 Å². The minimum atomic E-state index is -0.790. The molecule has 27 heavy (non-hydrogen) atoms. The Kier molecular flexibility index (Phi) is 5.43. The number of nitrogen functional groups attached to an aromatic ring is 1. The van der Waals surface area contributed by atoms with Crippen LogP contribution >= 0.6 is 0 Å². The number of aromatic nitrogens is 1. The highest BCUT2D eigenvalue weighted by Gasteiger charge is 2.27. The van der Waals surface area contributed by atoms with Gasteiger partial charge in [0, 0.05) is 24.2 Å². The smallest absolute Gasteiger partial charge is 0.303 e. The Morgan fingerprint density at radius 2 is 2.22 bits per heavy atom. The van der Waals surface area contributed by atoms with Gasteiger partial charge >= 0.3 is 5.97 Å². The Morgan fingerprint density at radius 1 is 1.44 bits per heavy atom. The number of hydrogen-bond donors (Lipinski definition) is 2. The first-order valence-electron chi connectivity index (χ1n) is 9.06. The maximum absolute atomic E-state index is 11.2. The molecule has 0 fully saturated rings. The first-order chi connectivity index (χ1) is 12.9. The monoisotopic (exact) mass is 364 g/mol. The van der Waals surface area contributed by atoms with Gasteiger partial charge in [-0.2, -0.15) is 5.26 Å². The molecule has 0 aliphatic heterocycles. The van der Waals surface area contributed by atoms with E-state index in [9.17, 15) is 15.2 Å². The number of pyridine rings is 1. The predicted octanol–water partition coefficient (Wildman–Crippen LogP) is 2.84. The van der Waals surface area contributed by atoms with Gasteiger partial charge in [0.2, 0.25) is 0 Å².